The largest absolute Gasteiger partial charge is 0.501 e. The third-order valence-corrected chi connectivity index (χ3v) is 17.2. The molecule has 0 saturated carbocycles. The number of hydrogen-bond acceptors (Lipinski definition) is 9. The first-order valence-corrected chi connectivity index (χ1v) is 26.0. The summed E-state index contributed by atoms with van der Waals surface area (Å²) in [6, 6.07) is 39.9. The Bertz CT molecular complexity index is 3200. The molecule has 8 rings (SSSR count). The molecule has 0 atom stereocenters. The summed E-state index contributed by atoms with van der Waals surface area (Å²) in [5.74, 6) is 3.29. The summed E-state index contributed by atoms with van der Waals surface area (Å²) >= 11 is 0. The van der Waals surface area contributed by atoms with Crippen LogP contribution in [0, 0.1) is 0 Å². The normalized spacial score (nSPS) is 15.9. The lowest BCUT2D eigenvalue weighted by Gasteiger charge is -2.44. The van der Waals surface area contributed by atoms with E-state index < -0.39 is 57.5 Å². The van der Waals surface area contributed by atoms with Gasteiger partial charge in [0.1, 0.15) is 36.2 Å². The highest BCUT2D eigenvalue weighted by Crippen LogP contribution is 2.49. The van der Waals surface area contributed by atoms with Crippen molar-refractivity contribution in [2.75, 3.05) is 47.4 Å². The first kappa shape index (κ1) is 54.8. The number of allylic oxidation sites excluding steroid dienone is 4. The SMILES string of the molecule is CN1/C(=C/C=C/C2=[N+](C)c3ccc(S(=O)(=O)C(F)(F)F)cc3C2(C)C)C(C)(C)c2cc(S(=O)(=O)C(F)(F)F)ccc21.COc1ccc([B-](c2ccc(OC)cc2)(c2ccc(OC)cc2)c2ccc(OC)cc2)cc1. The molecule has 0 spiro atoms. The van der Waals surface area contributed by atoms with Gasteiger partial charge < -0.3 is 23.8 Å². The fourth-order valence-electron chi connectivity index (χ4n) is 10.2. The number of hydrogen-bond donors (Lipinski definition) is 0. The van der Waals surface area contributed by atoms with Crippen LogP contribution in [0.4, 0.5) is 37.7 Å². The molecule has 0 radical (unpaired) electrons. The lowest BCUT2D eigenvalue weighted by atomic mass is 9.13. The molecule has 2 heterocycles. The fourth-order valence-corrected chi connectivity index (χ4v) is 11.8. The molecule has 0 fully saturated rings. The molecule has 0 aliphatic carbocycles. The predicted molar refractivity (Wildman–Crippen MR) is 278 cm³/mol. The molecule has 10 nitrogen and oxygen atoms in total. The molecule has 0 amide bonds. The zero-order chi connectivity index (χ0) is 54.4. The Morgan fingerprint density at radius 3 is 1.23 bits per heavy atom. The van der Waals surface area contributed by atoms with E-state index in [4.69, 9.17) is 18.9 Å². The number of benzene rings is 6. The molecule has 390 valence electrons. The van der Waals surface area contributed by atoms with Crippen molar-refractivity contribution in [3.8, 4) is 23.0 Å². The Hall–Kier alpha value is -6.99. The summed E-state index contributed by atoms with van der Waals surface area (Å²) in [5, 5.41) is 0. The number of likely N-dealkylation sites (N-methyl/N-ethyl adjacent to an activating group) is 1. The number of methoxy groups -OCH3 is 4. The molecule has 74 heavy (non-hydrogen) atoms. The molecule has 0 unspecified atom stereocenters. The Labute approximate surface area is 427 Å². The topological polar surface area (TPSA) is 111 Å². The van der Waals surface area contributed by atoms with Crippen LogP contribution in [0.1, 0.15) is 38.8 Å². The number of fused-ring (bicyclic) bond motifs is 2. The first-order chi connectivity index (χ1) is 34.6. The van der Waals surface area contributed by atoms with E-state index in [1.54, 1.807) is 97.9 Å². The summed E-state index contributed by atoms with van der Waals surface area (Å²) in [4.78, 5) is 0.0362. The van der Waals surface area contributed by atoms with E-state index in [0.717, 1.165) is 47.3 Å². The van der Waals surface area contributed by atoms with Crippen molar-refractivity contribution >= 4 is 64.8 Å². The Balaban J connectivity index is 0.000000221. The van der Waals surface area contributed by atoms with Gasteiger partial charge >= 0.3 is 11.0 Å². The van der Waals surface area contributed by atoms with E-state index in [2.05, 4.69) is 48.5 Å². The van der Waals surface area contributed by atoms with Crippen LogP contribution in [0.2, 0.25) is 0 Å². The number of anilines is 1. The van der Waals surface area contributed by atoms with Crippen LogP contribution in [0.15, 0.2) is 167 Å². The van der Waals surface area contributed by atoms with E-state index in [0.29, 0.717) is 33.9 Å². The average Bonchev–Trinajstić information content (AvgIpc) is 3.69. The highest BCUT2D eigenvalue weighted by molar-refractivity contribution is 7.92. The molecule has 2 aliphatic rings. The molecule has 6 aromatic carbocycles. The lowest BCUT2D eigenvalue weighted by Crippen LogP contribution is -2.74. The second kappa shape index (κ2) is 20.0. The molecule has 0 bridgehead atoms. The standard InChI is InChI=1S/C28H28BO4.C27H27F6N2O4S2/c1-30-25-13-5-21(6-14-25)29(22-7-15-26(31-2)16-8-22,23-9-17-27(32-3)18-10-23)24-11-19-28(33-4)20-12-24;1-24(2)18-14-16(40(36,37)26(28,29)30)10-12-20(18)34(5)22(24)8-7-9-23-25(3,4)19-15-17(11-13-21(19)35(23)6)41(38,39)27(31,32)33/h5-20H,1-4H3;7-15H,1-6H3/q-1;+1. The van der Waals surface area contributed by atoms with Gasteiger partial charge in [0.2, 0.25) is 5.69 Å². The number of sulfone groups is 2. The van der Waals surface area contributed by atoms with Crippen LogP contribution in [-0.2, 0) is 30.5 Å². The second-order valence-electron chi connectivity index (χ2n) is 18.9. The van der Waals surface area contributed by atoms with Gasteiger partial charge in [-0.1, -0.05) is 68.5 Å². The van der Waals surface area contributed by atoms with Gasteiger partial charge in [0.15, 0.2) is 5.71 Å². The van der Waals surface area contributed by atoms with Crippen LogP contribution in [0.25, 0.3) is 0 Å². The molecule has 0 N–H and O–H groups in total. The van der Waals surface area contributed by atoms with Crippen molar-refractivity contribution in [2.24, 2.45) is 0 Å². The summed E-state index contributed by atoms with van der Waals surface area (Å²) in [6.07, 6.45) is 3.60. The van der Waals surface area contributed by atoms with E-state index in [9.17, 15) is 43.2 Å². The zero-order valence-electron chi connectivity index (χ0n) is 42.3. The van der Waals surface area contributed by atoms with Crippen molar-refractivity contribution in [2.45, 2.75) is 59.3 Å². The van der Waals surface area contributed by atoms with Crippen molar-refractivity contribution < 1.29 is 66.7 Å². The Morgan fingerprint density at radius 1 is 0.527 bits per heavy atom. The second-order valence-corrected chi connectivity index (χ2v) is 22.8. The maximum Gasteiger partial charge on any atom is 0.501 e. The minimum absolute atomic E-state index is 0.391. The highest BCUT2D eigenvalue weighted by Gasteiger charge is 2.50. The van der Waals surface area contributed by atoms with Crippen LogP contribution < -0.4 is 45.7 Å². The minimum Gasteiger partial charge on any atom is -0.497 e. The Kier molecular flexibility index (Phi) is 14.8. The van der Waals surface area contributed by atoms with Crippen LogP contribution in [0.5, 0.6) is 23.0 Å². The summed E-state index contributed by atoms with van der Waals surface area (Å²) in [7, 11) is -0.945. The third-order valence-electron chi connectivity index (χ3n) is 14.2. The number of alkyl halides is 6. The monoisotopic (exact) mass is 1060 g/mol. The van der Waals surface area contributed by atoms with Gasteiger partial charge in [-0.05, 0) is 104 Å². The fraction of sp³-hybridized carbons (Fsp3) is 0.255. The lowest BCUT2D eigenvalue weighted by molar-refractivity contribution is -0.401. The van der Waals surface area contributed by atoms with Gasteiger partial charge in [-0.3, -0.25) is 0 Å². The Morgan fingerprint density at radius 2 is 0.878 bits per heavy atom. The molecule has 0 saturated heterocycles. The van der Waals surface area contributed by atoms with Crippen LogP contribution in [-0.4, -0.2) is 86.8 Å². The van der Waals surface area contributed by atoms with Gasteiger partial charge in [-0.2, -0.15) is 52.8 Å². The molecular weight excluding hydrogens is 1010 g/mol. The van der Waals surface area contributed by atoms with Gasteiger partial charge in [-0.15, -0.1) is 0 Å². The van der Waals surface area contributed by atoms with Crippen LogP contribution in [0.3, 0.4) is 0 Å². The summed E-state index contributed by atoms with van der Waals surface area (Å²) < 4.78 is 150. The van der Waals surface area contributed by atoms with Crippen molar-refractivity contribution in [3.05, 3.63) is 169 Å². The van der Waals surface area contributed by atoms with Crippen LogP contribution >= 0.6 is 0 Å². The minimum atomic E-state index is -5.54. The van der Waals surface area contributed by atoms with E-state index in [1.165, 1.54) is 34.0 Å². The number of ether oxygens (including phenoxy) is 4. The molecule has 2 aliphatic heterocycles. The quantitative estimate of drug-likeness (QED) is 0.0673. The van der Waals surface area contributed by atoms with Gasteiger partial charge in [0, 0.05) is 41.6 Å². The maximum atomic E-state index is 13.2. The number of halogens is 6. The molecule has 0 aromatic heterocycles. The van der Waals surface area contributed by atoms with Gasteiger partial charge in [0.05, 0.1) is 43.6 Å². The van der Waals surface area contributed by atoms with Gasteiger partial charge in [0.25, 0.3) is 19.7 Å². The average molecular weight is 1060 g/mol. The number of rotatable bonds is 12. The number of nitrogens with zero attached hydrogens (tertiary/aromatic N) is 2. The summed E-state index contributed by atoms with van der Waals surface area (Å²) in [6.45, 7) is 6.99. The van der Waals surface area contributed by atoms with Crippen molar-refractivity contribution in [1.29, 1.82) is 0 Å². The van der Waals surface area contributed by atoms with Crippen molar-refractivity contribution in [3.63, 3.8) is 0 Å². The van der Waals surface area contributed by atoms with E-state index in [1.807, 2.05) is 48.5 Å². The van der Waals surface area contributed by atoms with E-state index >= 15 is 0 Å². The highest BCUT2D eigenvalue weighted by atomic mass is 32.2. The third kappa shape index (κ3) is 9.55. The van der Waals surface area contributed by atoms with E-state index in [-0.39, 0.29) is 0 Å². The first-order valence-electron chi connectivity index (χ1n) is 23.0. The zero-order valence-corrected chi connectivity index (χ0v) is 43.9. The smallest absolute Gasteiger partial charge is 0.497 e. The molecular formula is C55H55BF6N2O8S2. The molecule has 6 aromatic rings. The molecule has 19 heteroatoms. The maximum absolute atomic E-state index is 13.2. The predicted octanol–water partition coefficient (Wildman–Crippen LogP) is 9.25. The van der Waals surface area contributed by atoms with Gasteiger partial charge in [-0.25, -0.2) is 16.8 Å². The summed E-state index contributed by atoms with van der Waals surface area (Å²) in [5.41, 5.74) is -4.77. The van der Waals surface area contributed by atoms with Crippen molar-refractivity contribution in [1.82, 2.24) is 0 Å².